The molecule has 8 rings (SSSR count). The molecular weight excluding hydrogens is 588 g/mol. The lowest BCUT2D eigenvalue weighted by atomic mass is 9.74. The van der Waals surface area contributed by atoms with E-state index in [1.165, 1.54) is 16.2 Å². The molecule has 3 atom stereocenters. The molecule has 2 aliphatic carbocycles. The van der Waals surface area contributed by atoms with Crippen LogP contribution < -0.4 is 25.6 Å². The van der Waals surface area contributed by atoms with Gasteiger partial charge in [0.25, 0.3) is 5.92 Å². The maximum atomic E-state index is 14.8. The van der Waals surface area contributed by atoms with Gasteiger partial charge in [0.2, 0.25) is 0 Å². The van der Waals surface area contributed by atoms with Crippen molar-refractivity contribution < 1.29 is 18.3 Å². The highest BCUT2D eigenvalue weighted by molar-refractivity contribution is 7.16. The first-order valence-corrected chi connectivity index (χ1v) is 16.3. The fourth-order valence-electron chi connectivity index (χ4n) is 8.13. The van der Waals surface area contributed by atoms with E-state index >= 15 is 0 Å². The van der Waals surface area contributed by atoms with E-state index in [0.717, 1.165) is 31.2 Å². The smallest absolute Gasteiger partial charge is 0.320 e. The van der Waals surface area contributed by atoms with Crippen molar-refractivity contribution in [1.29, 1.82) is 10.5 Å². The van der Waals surface area contributed by atoms with Gasteiger partial charge in [-0.2, -0.15) is 20.5 Å². The van der Waals surface area contributed by atoms with Crippen molar-refractivity contribution in [3.63, 3.8) is 0 Å². The number of fused-ring (bicyclic) bond motifs is 4. The van der Waals surface area contributed by atoms with Crippen molar-refractivity contribution in [2.45, 2.75) is 55.5 Å². The van der Waals surface area contributed by atoms with Crippen LogP contribution in [0.1, 0.15) is 47.3 Å². The number of anilines is 3. The number of aryl methyl sites for hydroxylation is 1. The molecule has 4 aliphatic heterocycles. The standard InChI is InChI=1S/C30H35F2N9O2S/c31-30(32)13-29(30,16-39-5-7-42-8-6-39)17-43-27-37-25(40-11-18-1-2-19(12-40)36-18)21(10-34)26(38-27)41-14-28(15-41)4-3-22-23(28)20(9-33)24(35)44-22/h18-19,36H,1-8,11-17,35H2/t18-,19+,29?. The van der Waals surface area contributed by atoms with Crippen LogP contribution in [0.15, 0.2) is 0 Å². The van der Waals surface area contributed by atoms with Crippen LogP contribution >= 0.6 is 11.3 Å². The van der Waals surface area contributed by atoms with E-state index < -0.39 is 11.3 Å². The quantitative estimate of drug-likeness (QED) is 0.470. The van der Waals surface area contributed by atoms with E-state index in [1.54, 1.807) is 0 Å². The fraction of sp³-hybridized carbons (Fsp3) is 0.667. The predicted octanol–water partition coefficient (Wildman–Crippen LogP) is 2.24. The summed E-state index contributed by atoms with van der Waals surface area (Å²) < 4.78 is 41.2. The van der Waals surface area contributed by atoms with Crippen LogP contribution in [0.3, 0.4) is 0 Å². The number of nitrogen functional groups attached to an aromatic ring is 1. The molecule has 1 unspecified atom stereocenters. The Bertz CT molecular complexity index is 1560. The van der Waals surface area contributed by atoms with Gasteiger partial charge in [0, 0.05) is 74.6 Å². The highest BCUT2D eigenvalue weighted by Crippen LogP contribution is 2.61. The van der Waals surface area contributed by atoms with Crippen LogP contribution in [0.5, 0.6) is 6.01 Å². The van der Waals surface area contributed by atoms with Crippen LogP contribution in [0.4, 0.5) is 25.4 Å². The molecule has 6 heterocycles. The largest absolute Gasteiger partial charge is 0.462 e. The zero-order chi connectivity index (χ0) is 30.3. The fourth-order valence-corrected chi connectivity index (χ4v) is 9.27. The number of nitrogens with one attached hydrogen (secondary N) is 1. The second-order valence-electron chi connectivity index (χ2n) is 13.4. The molecule has 2 aromatic rings. The number of rotatable bonds is 7. The van der Waals surface area contributed by atoms with Gasteiger partial charge in [0.05, 0.1) is 24.2 Å². The van der Waals surface area contributed by atoms with Gasteiger partial charge in [-0.25, -0.2) is 8.78 Å². The molecule has 2 aromatic heterocycles. The van der Waals surface area contributed by atoms with Crippen molar-refractivity contribution in [2.75, 3.05) is 81.2 Å². The van der Waals surface area contributed by atoms with Crippen LogP contribution in [0.25, 0.3) is 0 Å². The van der Waals surface area contributed by atoms with Crippen molar-refractivity contribution in [3.8, 4) is 18.1 Å². The normalized spacial score (nSPS) is 29.6. The average Bonchev–Trinajstić information content (AvgIpc) is 3.32. The third kappa shape index (κ3) is 4.41. The van der Waals surface area contributed by atoms with Gasteiger partial charge in [-0.15, -0.1) is 11.3 Å². The molecule has 1 saturated carbocycles. The number of nitriles is 2. The van der Waals surface area contributed by atoms with Crippen LogP contribution in [0, 0.1) is 28.1 Å². The number of thiophene rings is 1. The molecular formula is C30H35F2N9O2S. The third-order valence-corrected chi connectivity index (χ3v) is 11.6. The minimum absolute atomic E-state index is 0.0227. The minimum atomic E-state index is -2.83. The summed E-state index contributed by atoms with van der Waals surface area (Å²) in [5.74, 6) is -1.86. The Labute approximate surface area is 258 Å². The van der Waals surface area contributed by atoms with E-state index in [2.05, 4.69) is 22.4 Å². The Morgan fingerprint density at radius 3 is 2.34 bits per heavy atom. The highest BCUT2D eigenvalue weighted by atomic mass is 32.1. The lowest BCUT2D eigenvalue weighted by Gasteiger charge is -2.49. The minimum Gasteiger partial charge on any atom is -0.462 e. The number of alkyl halides is 2. The number of hydrogen-bond acceptors (Lipinski definition) is 12. The zero-order valence-electron chi connectivity index (χ0n) is 24.4. The molecule has 2 bridgehead atoms. The molecule has 11 nitrogen and oxygen atoms in total. The Morgan fingerprint density at radius 1 is 1.05 bits per heavy atom. The molecule has 0 amide bonds. The van der Waals surface area contributed by atoms with Gasteiger partial charge in [-0.3, -0.25) is 4.90 Å². The van der Waals surface area contributed by atoms with Crippen LogP contribution in [-0.2, 0) is 16.6 Å². The molecule has 0 radical (unpaired) electrons. The van der Waals surface area contributed by atoms with Crippen molar-refractivity contribution in [3.05, 3.63) is 21.6 Å². The molecule has 6 aliphatic rings. The Morgan fingerprint density at radius 2 is 1.70 bits per heavy atom. The Kier molecular flexibility index (Phi) is 6.48. The number of nitrogens with zero attached hydrogens (tertiary/aromatic N) is 7. The molecule has 1 spiro atoms. The summed E-state index contributed by atoms with van der Waals surface area (Å²) in [6.07, 6.45) is 3.66. The number of piperazine rings is 1. The Hall–Kier alpha value is -3.30. The first kappa shape index (κ1) is 28.2. The van der Waals surface area contributed by atoms with E-state index in [1.807, 2.05) is 9.80 Å². The maximum absolute atomic E-state index is 14.8. The molecule has 4 saturated heterocycles. The van der Waals surface area contributed by atoms with E-state index in [-0.39, 0.29) is 31.0 Å². The van der Waals surface area contributed by atoms with Crippen LogP contribution in [-0.4, -0.2) is 98.5 Å². The lowest BCUT2D eigenvalue weighted by Crippen LogP contribution is -2.59. The van der Waals surface area contributed by atoms with E-state index in [9.17, 15) is 19.3 Å². The van der Waals surface area contributed by atoms with Crippen LogP contribution in [0.2, 0.25) is 0 Å². The first-order chi connectivity index (χ1) is 21.2. The SMILES string of the molecule is N#Cc1c(N2C[C@H]3CC[C@@H](C2)N3)nc(OCC2(CN3CCOCC3)CC2(F)F)nc1N1CC2(CCc3sc(N)c(C#N)c32)C1. The summed E-state index contributed by atoms with van der Waals surface area (Å²) in [6.45, 7) is 4.90. The van der Waals surface area contributed by atoms with Crippen molar-refractivity contribution >= 4 is 28.0 Å². The molecule has 3 N–H and O–H groups in total. The Balaban J connectivity index is 1.10. The van der Waals surface area contributed by atoms with Gasteiger partial charge >= 0.3 is 6.01 Å². The highest BCUT2D eigenvalue weighted by Gasteiger charge is 2.72. The number of hydrogen-bond donors (Lipinski definition) is 2. The van der Waals surface area contributed by atoms with Gasteiger partial charge in [-0.1, -0.05) is 0 Å². The molecule has 14 heteroatoms. The third-order valence-electron chi connectivity index (χ3n) is 10.6. The van der Waals surface area contributed by atoms with Gasteiger partial charge in [-0.05, 0) is 31.2 Å². The second kappa shape index (κ2) is 10.1. The summed E-state index contributed by atoms with van der Waals surface area (Å²) in [5.41, 5.74) is 6.65. The number of halogens is 2. The topological polar surface area (TPSA) is 140 Å². The second-order valence-corrected chi connectivity index (χ2v) is 14.5. The predicted molar refractivity (Wildman–Crippen MR) is 159 cm³/mol. The summed E-state index contributed by atoms with van der Waals surface area (Å²) in [6, 6.07) is 5.32. The molecule has 44 heavy (non-hydrogen) atoms. The molecule has 232 valence electrons. The zero-order valence-corrected chi connectivity index (χ0v) is 25.3. The van der Waals surface area contributed by atoms with E-state index in [4.69, 9.17) is 25.2 Å². The summed E-state index contributed by atoms with van der Waals surface area (Å²) >= 11 is 1.50. The lowest BCUT2D eigenvalue weighted by molar-refractivity contribution is -0.0101. The molecule has 0 aromatic carbocycles. The van der Waals surface area contributed by atoms with Gasteiger partial charge < -0.3 is 30.3 Å². The number of morpholine rings is 1. The van der Waals surface area contributed by atoms with Crippen molar-refractivity contribution in [2.24, 2.45) is 5.41 Å². The average molecular weight is 624 g/mol. The number of aromatic nitrogens is 2. The molecule has 5 fully saturated rings. The van der Waals surface area contributed by atoms with E-state index in [0.29, 0.717) is 92.3 Å². The maximum Gasteiger partial charge on any atom is 0.320 e. The van der Waals surface area contributed by atoms with Gasteiger partial charge in [0.15, 0.2) is 11.6 Å². The summed E-state index contributed by atoms with van der Waals surface area (Å²) in [7, 11) is 0. The number of ether oxygens (including phenoxy) is 2. The number of nitrogens with two attached hydrogens (primary N) is 1. The van der Waals surface area contributed by atoms with Crippen molar-refractivity contribution in [1.82, 2.24) is 20.2 Å². The summed E-state index contributed by atoms with van der Waals surface area (Å²) in [5, 5.41) is 24.5. The monoisotopic (exact) mass is 623 g/mol. The van der Waals surface area contributed by atoms with Gasteiger partial charge in [0.1, 0.15) is 29.3 Å². The first-order valence-electron chi connectivity index (χ1n) is 15.4. The summed E-state index contributed by atoms with van der Waals surface area (Å²) in [4.78, 5) is 16.8.